The molecule has 1 N–H and O–H groups in total. The summed E-state index contributed by atoms with van der Waals surface area (Å²) in [6.07, 6.45) is 3.40. The van der Waals surface area contributed by atoms with Crippen molar-refractivity contribution in [3.63, 3.8) is 0 Å². The first-order chi connectivity index (χ1) is 13.7. The average molecular weight is 377 g/mol. The van der Waals surface area contributed by atoms with Gasteiger partial charge in [-0.15, -0.1) is 0 Å². The molecule has 7 heteroatoms. The normalized spacial score (nSPS) is 14.1. The molecule has 1 aromatic carbocycles. The standard InChI is InChI=1S/C21H23N5O2/c1-16-19(15-24-26(16)18-7-3-2-4-8-18)21(27)23-14-17-6-5-9-22-20(17)25-10-12-28-13-11-25/h2-9,15H,10-14H2,1H3,(H,23,27). The van der Waals surface area contributed by atoms with E-state index < -0.39 is 0 Å². The summed E-state index contributed by atoms with van der Waals surface area (Å²) >= 11 is 0. The Labute approximate surface area is 164 Å². The largest absolute Gasteiger partial charge is 0.378 e. The number of aromatic nitrogens is 3. The lowest BCUT2D eigenvalue weighted by Crippen LogP contribution is -2.37. The van der Waals surface area contributed by atoms with Gasteiger partial charge in [-0.05, 0) is 25.1 Å². The zero-order valence-electron chi connectivity index (χ0n) is 15.8. The molecule has 1 amide bonds. The molecule has 3 heterocycles. The van der Waals surface area contributed by atoms with E-state index in [4.69, 9.17) is 4.74 Å². The maximum atomic E-state index is 12.8. The quantitative estimate of drug-likeness (QED) is 0.739. The summed E-state index contributed by atoms with van der Waals surface area (Å²) in [6, 6.07) is 13.7. The summed E-state index contributed by atoms with van der Waals surface area (Å²) in [5.74, 6) is 0.763. The zero-order valence-corrected chi connectivity index (χ0v) is 15.8. The van der Waals surface area contributed by atoms with Crippen LogP contribution in [0.4, 0.5) is 5.82 Å². The smallest absolute Gasteiger partial charge is 0.255 e. The van der Waals surface area contributed by atoms with Gasteiger partial charge in [-0.3, -0.25) is 4.79 Å². The number of amides is 1. The van der Waals surface area contributed by atoms with Crippen molar-refractivity contribution in [2.24, 2.45) is 0 Å². The lowest BCUT2D eigenvalue weighted by Gasteiger charge is -2.29. The number of morpholine rings is 1. The van der Waals surface area contributed by atoms with Crippen LogP contribution in [-0.2, 0) is 11.3 Å². The molecule has 0 radical (unpaired) electrons. The third-order valence-electron chi connectivity index (χ3n) is 4.87. The maximum Gasteiger partial charge on any atom is 0.255 e. The minimum Gasteiger partial charge on any atom is -0.378 e. The fourth-order valence-electron chi connectivity index (χ4n) is 3.36. The predicted molar refractivity (Wildman–Crippen MR) is 107 cm³/mol. The van der Waals surface area contributed by atoms with Gasteiger partial charge in [-0.25, -0.2) is 9.67 Å². The first-order valence-corrected chi connectivity index (χ1v) is 9.39. The number of carbonyl (C=O) groups excluding carboxylic acids is 1. The molecule has 0 unspecified atom stereocenters. The summed E-state index contributed by atoms with van der Waals surface area (Å²) in [6.45, 7) is 5.32. The van der Waals surface area contributed by atoms with Gasteiger partial charge in [-0.2, -0.15) is 5.10 Å². The van der Waals surface area contributed by atoms with E-state index in [1.807, 2.05) is 49.4 Å². The van der Waals surface area contributed by atoms with Gasteiger partial charge < -0.3 is 15.0 Å². The molecule has 1 aliphatic rings. The summed E-state index contributed by atoms with van der Waals surface area (Å²) in [4.78, 5) is 19.5. The maximum absolute atomic E-state index is 12.8. The van der Waals surface area contributed by atoms with E-state index in [2.05, 4.69) is 20.3 Å². The van der Waals surface area contributed by atoms with Gasteiger partial charge in [0, 0.05) is 31.4 Å². The molecular formula is C21H23N5O2. The summed E-state index contributed by atoms with van der Waals surface area (Å²) in [5, 5.41) is 7.38. The number of rotatable bonds is 5. The second-order valence-corrected chi connectivity index (χ2v) is 6.66. The van der Waals surface area contributed by atoms with Crippen LogP contribution >= 0.6 is 0 Å². The Hall–Kier alpha value is -3.19. The van der Waals surface area contributed by atoms with Gasteiger partial charge in [0.25, 0.3) is 5.91 Å². The number of para-hydroxylation sites is 1. The molecule has 0 aliphatic carbocycles. The van der Waals surface area contributed by atoms with E-state index in [0.29, 0.717) is 25.3 Å². The van der Waals surface area contributed by atoms with E-state index in [1.165, 1.54) is 0 Å². The minimum absolute atomic E-state index is 0.142. The van der Waals surface area contributed by atoms with Gasteiger partial charge in [0.1, 0.15) is 5.82 Å². The van der Waals surface area contributed by atoms with Gasteiger partial charge >= 0.3 is 0 Å². The van der Waals surface area contributed by atoms with Crippen LogP contribution in [-0.4, -0.2) is 47.0 Å². The number of ether oxygens (including phenoxy) is 1. The Morgan fingerprint density at radius 1 is 1.14 bits per heavy atom. The highest BCUT2D eigenvalue weighted by molar-refractivity contribution is 5.95. The lowest BCUT2D eigenvalue weighted by molar-refractivity contribution is 0.0950. The Balaban J connectivity index is 1.48. The molecule has 1 aliphatic heterocycles. The molecule has 1 saturated heterocycles. The first-order valence-electron chi connectivity index (χ1n) is 9.39. The molecule has 0 saturated carbocycles. The minimum atomic E-state index is -0.142. The van der Waals surface area contributed by atoms with Gasteiger partial charge in [0.2, 0.25) is 0 Å². The van der Waals surface area contributed by atoms with Crippen molar-refractivity contribution < 1.29 is 9.53 Å². The van der Waals surface area contributed by atoms with Crippen LogP contribution in [0, 0.1) is 6.92 Å². The molecule has 0 spiro atoms. The van der Waals surface area contributed by atoms with Crippen molar-refractivity contribution in [2.75, 3.05) is 31.2 Å². The fourth-order valence-corrected chi connectivity index (χ4v) is 3.36. The van der Waals surface area contributed by atoms with Crippen molar-refractivity contribution in [1.29, 1.82) is 0 Å². The van der Waals surface area contributed by atoms with E-state index in [0.717, 1.165) is 35.9 Å². The monoisotopic (exact) mass is 377 g/mol. The topological polar surface area (TPSA) is 72.3 Å². The van der Waals surface area contributed by atoms with Crippen LogP contribution in [0.3, 0.4) is 0 Å². The van der Waals surface area contributed by atoms with E-state index in [9.17, 15) is 4.79 Å². The fraction of sp³-hybridized carbons (Fsp3) is 0.286. The summed E-state index contributed by atoms with van der Waals surface area (Å²) < 4.78 is 7.20. The van der Waals surface area contributed by atoms with Gasteiger partial charge in [0.05, 0.1) is 36.4 Å². The number of benzene rings is 1. The number of pyridine rings is 1. The second kappa shape index (κ2) is 8.22. The molecule has 28 heavy (non-hydrogen) atoms. The van der Waals surface area contributed by atoms with Crippen LogP contribution in [0.25, 0.3) is 5.69 Å². The number of hydrogen-bond donors (Lipinski definition) is 1. The number of nitrogens with zero attached hydrogens (tertiary/aromatic N) is 4. The molecule has 4 rings (SSSR count). The Bertz CT molecular complexity index is 948. The van der Waals surface area contributed by atoms with Crippen molar-refractivity contribution in [3.05, 3.63) is 71.7 Å². The van der Waals surface area contributed by atoms with Crippen molar-refractivity contribution in [2.45, 2.75) is 13.5 Å². The molecule has 2 aromatic heterocycles. The number of carbonyl (C=O) groups is 1. The van der Waals surface area contributed by atoms with Crippen molar-refractivity contribution in [3.8, 4) is 5.69 Å². The summed E-state index contributed by atoms with van der Waals surface area (Å²) in [7, 11) is 0. The summed E-state index contributed by atoms with van der Waals surface area (Å²) in [5.41, 5.74) is 3.30. The zero-order chi connectivity index (χ0) is 19.3. The van der Waals surface area contributed by atoms with Crippen LogP contribution in [0.1, 0.15) is 21.6 Å². The third-order valence-corrected chi connectivity index (χ3v) is 4.87. The van der Waals surface area contributed by atoms with E-state index in [1.54, 1.807) is 17.1 Å². The highest BCUT2D eigenvalue weighted by Gasteiger charge is 2.18. The lowest BCUT2D eigenvalue weighted by atomic mass is 10.2. The van der Waals surface area contributed by atoms with Gasteiger partial charge in [-0.1, -0.05) is 24.3 Å². The second-order valence-electron chi connectivity index (χ2n) is 6.66. The van der Waals surface area contributed by atoms with Crippen LogP contribution < -0.4 is 10.2 Å². The number of hydrogen-bond acceptors (Lipinski definition) is 5. The Kier molecular flexibility index (Phi) is 5.34. The van der Waals surface area contributed by atoms with Crippen molar-refractivity contribution >= 4 is 11.7 Å². The molecule has 0 atom stereocenters. The van der Waals surface area contributed by atoms with Crippen LogP contribution in [0.5, 0.6) is 0 Å². The predicted octanol–water partition coefficient (Wildman–Crippen LogP) is 2.34. The van der Waals surface area contributed by atoms with Crippen LogP contribution in [0.2, 0.25) is 0 Å². The van der Waals surface area contributed by atoms with Gasteiger partial charge in [0.15, 0.2) is 0 Å². The Morgan fingerprint density at radius 2 is 1.93 bits per heavy atom. The third kappa shape index (κ3) is 3.75. The molecule has 0 bridgehead atoms. The van der Waals surface area contributed by atoms with Crippen molar-refractivity contribution in [1.82, 2.24) is 20.1 Å². The molecule has 144 valence electrons. The molecule has 1 fully saturated rings. The number of nitrogens with one attached hydrogen (secondary N) is 1. The SMILES string of the molecule is Cc1c(C(=O)NCc2cccnc2N2CCOCC2)cnn1-c1ccccc1. The molecule has 7 nitrogen and oxygen atoms in total. The average Bonchev–Trinajstić information content (AvgIpc) is 3.15. The number of anilines is 1. The van der Waals surface area contributed by atoms with Crippen LogP contribution in [0.15, 0.2) is 54.9 Å². The molecular weight excluding hydrogens is 354 g/mol. The van der Waals surface area contributed by atoms with E-state index in [-0.39, 0.29) is 5.91 Å². The van der Waals surface area contributed by atoms with E-state index >= 15 is 0 Å². The highest BCUT2D eigenvalue weighted by Crippen LogP contribution is 2.19. The Morgan fingerprint density at radius 3 is 2.71 bits per heavy atom. The highest BCUT2D eigenvalue weighted by atomic mass is 16.5. The first kappa shape index (κ1) is 18.2. The molecule has 3 aromatic rings.